The Morgan fingerprint density at radius 1 is 0.771 bits per heavy atom. The maximum Gasteiger partial charge on any atom is 0.293 e. The van der Waals surface area contributed by atoms with Gasteiger partial charge in [-0.2, -0.15) is 4.98 Å². The first kappa shape index (κ1) is 51.6. The van der Waals surface area contributed by atoms with Crippen LogP contribution in [0, 0.1) is 0 Å². The lowest BCUT2D eigenvalue weighted by atomic mass is 10.0. The molecule has 5 amide bonds. The minimum absolute atomic E-state index is 0.0523. The fraction of sp³-hybridized carbons (Fsp3) is 0.489. The van der Waals surface area contributed by atoms with Crippen molar-refractivity contribution in [3.05, 3.63) is 75.2 Å². The standard InChI is InChI=1S/C47H57ClN8O14/c1-49-41(58)29-70-39-26-30-25-31(3-6-37(30)54(2)46(39)62)51-42-36(48)28-50-47(53-42)55-11-9-32(10-12-55)68-23-21-66-19-17-64-15-13-63-14-16-65-18-20-67-22-24-69-33-4-5-34-35(27-33)45(61)56(44(34)60)38-7-8-40(57)52-43(38)59/h3-6,25-28,32,38H,7-24,29H2,1-2H3,(H,49,58)(H,50,51,53)(H,52,57,59). The number of amides is 5. The van der Waals surface area contributed by atoms with Crippen molar-refractivity contribution in [3.8, 4) is 11.5 Å². The Morgan fingerprint density at radius 2 is 1.41 bits per heavy atom. The molecule has 376 valence electrons. The molecule has 0 aliphatic carbocycles. The topological polar surface area (TPSA) is 250 Å². The first-order valence-corrected chi connectivity index (χ1v) is 23.4. The lowest BCUT2D eigenvalue weighted by molar-refractivity contribution is -0.136. The van der Waals surface area contributed by atoms with Crippen LogP contribution in [0.3, 0.4) is 0 Å². The summed E-state index contributed by atoms with van der Waals surface area (Å²) in [4.78, 5) is 86.2. The summed E-state index contributed by atoms with van der Waals surface area (Å²) in [5.74, 6) is -1.17. The molecule has 1 unspecified atom stereocenters. The lowest BCUT2D eigenvalue weighted by Crippen LogP contribution is -2.54. The number of likely N-dealkylation sites (N-methyl/N-ethyl adjacent to an activating group) is 1. The third-order valence-corrected chi connectivity index (χ3v) is 11.8. The number of hydrogen-bond donors (Lipinski definition) is 3. The van der Waals surface area contributed by atoms with E-state index in [0.29, 0.717) is 113 Å². The number of imide groups is 2. The van der Waals surface area contributed by atoms with Gasteiger partial charge in [0.1, 0.15) is 23.4 Å². The summed E-state index contributed by atoms with van der Waals surface area (Å²) in [5.41, 5.74) is 1.36. The predicted octanol–water partition coefficient (Wildman–Crippen LogP) is 2.40. The first-order chi connectivity index (χ1) is 34.0. The minimum Gasteiger partial charge on any atom is -0.491 e. The van der Waals surface area contributed by atoms with Crippen LogP contribution in [0.25, 0.3) is 10.9 Å². The maximum absolute atomic E-state index is 13.0. The second-order valence-corrected chi connectivity index (χ2v) is 16.6. The van der Waals surface area contributed by atoms with Crippen LogP contribution in [0.5, 0.6) is 11.5 Å². The van der Waals surface area contributed by atoms with E-state index in [1.54, 1.807) is 25.4 Å². The molecular weight excluding hydrogens is 936 g/mol. The van der Waals surface area contributed by atoms with Gasteiger partial charge in [-0.3, -0.25) is 39.0 Å². The maximum atomic E-state index is 13.0. The number of carbonyl (C=O) groups is 5. The number of aromatic nitrogens is 3. The molecule has 23 heteroatoms. The molecule has 2 saturated heterocycles. The summed E-state index contributed by atoms with van der Waals surface area (Å²) in [6.07, 6.45) is 3.39. The molecule has 2 fully saturated rings. The number of rotatable bonds is 27. The lowest BCUT2D eigenvalue weighted by Gasteiger charge is -2.32. The van der Waals surface area contributed by atoms with E-state index in [1.165, 1.54) is 23.7 Å². The van der Waals surface area contributed by atoms with Crippen molar-refractivity contribution in [2.24, 2.45) is 7.05 Å². The largest absolute Gasteiger partial charge is 0.491 e. The smallest absolute Gasteiger partial charge is 0.293 e. The minimum atomic E-state index is -1.03. The van der Waals surface area contributed by atoms with Crippen LogP contribution in [0.4, 0.5) is 17.5 Å². The highest BCUT2D eigenvalue weighted by molar-refractivity contribution is 6.33. The van der Waals surface area contributed by atoms with Gasteiger partial charge >= 0.3 is 0 Å². The van der Waals surface area contributed by atoms with Gasteiger partial charge in [-0.05, 0) is 61.7 Å². The van der Waals surface area contributed by atoms with Gasteiger partial charge in [0.25, 0.3) is 23.3 Å². The normalized spacial score (nSPS) is 16.2. The molecule has 3 aliphatic rings. The van der Waals surface area contributed by atoms with Gasteiger partial charge < -0.3 is 58.0 Å². The number of piperidine rings is 2. The fourth-order valence-electron chi connectivity index (χ4n) is 7.82. The Bertz CT molecular complexity index is 2560. The molecule has 0 spiro atoms. The number of halogens is 1. The summed E-state index contributed by atoms with van der Waals surface area (Å²) >= 11 is 6.50. The average molecular weight is 993 g/mol. The van der Waals surface area contributed by atoms with E-state index < -0.39 is 29.7 Å². The Labute approximate surface area is 408 Å². The monoisotopic (exact) mass is 992 g/mol. The second kappa shape index (κ2) is 25.5. The van der Waals surface area contributed by atoms with E-state index in [9.17, 15) is 28.8 Å². The Kier molecular flexibility index (Phi) is 18.8. The van der Waals surface area contributed by atoms with Gasteiger partial charge in [0.05, 0.1) is 102 Å². The van der Waals surface area contributed by atoms with Crippen molar-refractivity contribution in [1.82, 2.24) is 30.1 Å². The molecular formula is C47H57ClN8O14. The summed E-state index contributed by atoms with van der Waals surface area (Å²) in [6, 6.07) is 10.6. The van der Waals surface area contributed by atoms with Crippen LogP contribution in [-0.2, 0) is 49.9 Å². The van der Waals surface area contributed by atoms with E-state index >= 15 is 0 Å². The van der Waals surface area contributed by atoms with E-state index in [-0.39, 0.29) is 67.1 Å². The van der Waals surface area contributed by atoms with E-state index in [0.717, 1.165) is 23.1 Å². The average Bonchev–Trinajstić information content (AvgIpc) is 3.60. The van der Waals surface area contributed by atoms with Crippen molar-refractivity contribution in [2.45, 2.75) is 37.8 Å². The second-order valence-electron chi connectivity index (χ2n) is 16.2. The highest BCUT2D eigenvalue weighted by Crippen LogP contribution is 2.31. The number of fused-ring (bicyclic) bond motifs is 2. The van der Waals surface area contributed by atoms with Crippen LogP contribution >= 0.6 is 11.6 Å². The molecule has 7 rings (SSSR count). The van der Waals surface area contributed by atoms with Crippen molar-refractivity contribution in [1.29, 1.82) is 0 Å². The third-order valence-electron chi connectivity index (χ3n) is 11.5. The summed E-state index contributed by atoms with van der Waals surface area (Å²) in [7, 11) is 3.14. The van der Waals surface area contributed by atoms with Crippen molar-refractivity contribution < 1.29 is 61.9 Å². The number of benzene rings is 2. The van der Waals surface area contributed by atoms with Crippen LogP contribution in [0.2, 0.25) is 5.02 Å². The predicted molar refractivity (Wildman–Crippen MR) is 253 cm³/mol. The van der Waals surface area contributed by atoms with Gasteiger partial charge in [0, 0.05) is 44.7 Å². The van der Waals surface area contributed by atoms with Gasteiger partial charge in [0.15, 0.2) is 18.2 Å². The number of ether oxygens (including phenoxy) is 8. The zero-order valence-electron chi connectivity index (χ0n) is 39.0. The van der Waals surface area contributed by atoms with Crippen molar-refractivity contribution in [3.63, 3.8) is 0 Å². The molecule has 0 saturated carbocycles. The molecule has 2 aromatic heterocycles. The highest BCUT2D eigenvalue weighted by Gasteiger charge is 2.44. The Hall–Kier alpha value is -6.27. The Balaban J connectivity index is 0.670. The number of hydrogen-bond acceptors (Lipinski definition) is 18. The molecule has 2 aromatic carbocycles. The van der Waals surface area contributed by atoms with E-state index in [4.69, 9.17) is 54.5 Å². The molecule has 4 aromatic rings. The molecule has 5 heterocycles. The van der Waals surface area contributed by atoms with Crippen LogP contribution < -0.4 is 35.9 Å². The van der Waals surface area contributed by atoms with Gasteiger partial charge in [0.2, 0.25) is 17.8 Å². The number of aryl methyl sites for hydroxylation is 1. The zero-order valence-corrected chi connectivity index (χ0v) is 39.8. The molecule has 0 radical (unpaired) electrons. The van der Waals surface area contributed by atoms with Crippen LogP contribution in [-0.4, -0.2) is 167 Å². The van der Waals surface area contributed by atoms with Gasteiger partial charge in [-0.1, -0.05) is 11.6 Å². The number of pyridine rings is 1. The molecule has 0 bridgehead atoms. The van der Waals surface area contributed by atoms with Crippen molar-refractivity contribution >= 4 is 69.5 Å². The van der Waals surface area contributed by atoms with Crippen LogP contribution in [0.15, 0.2) is 53.5 Å². The zero-order chi connectivity index (χ0) is 49.4. The van der Waals surface area contributed by atoms with E-state index in [1.807, 2.05) is 18.2 Å². The third kappa shape index (κ3) is 13.7. The summed E-state index contributed by atoms with van der Waals surface area (Å²) in [5, 5.41) is 8.99. The highest BCUT2D eigenvalue weighted by atomic mass is 35.5. The summed E-state index contributed by atoms with van der Waals surface area (Å²) in [6.45, 7) is 5.78. The van der Waals surface area contributed by atoms with Gasteiger partial charge in [-0.25, -0.2) is 4.98 Å². The Morgan fingerprint density at radius 3 is 2.07 bits per heavy atom. The fourth-order valence-corrected chi connectivity index (χ4v) is 7.96. The number of nitrogens with one attached hydrogen (secondary N) is 3. The van der Waals surface area contributed by atoms with Crippen molar-refractivity contribution in [2.75, 3.05) is 116 Å². The molecule has 3 aliphatic heterocycles. The molecule has 70 heavy (non-hydrogen) atoms. The van der Waals surface area contributed by atoms with E-state index in [2.05, 4.69) is 25.8 Å². The molecule has 1 atom stereocenters. The van der Waals surface area contributed by atoms with Crippen LogP contribution in [0.1, 0.15) is 46.4 Å². The molecule has 22 nitrogen and oxygen atoms in total. The first-order valence-electron chi connectivity index (χ1n) is 23.0. The number of nitrogens with zero attached hydrogens (tertiary/aromatic N) is 5. The summed E-state index contributed by atoms with van der Waals surface area (Å²) < 4.78 is 46.6. The quantitative estimate of drug-likeness (QED) is 0.0573. The number of anilines is 3. The molecule has 3 N–H and O–H groups in total. The SMILES string of the molecule is CNC(=O)COc1cc2cc(Nc3nc(N4CCC(OCCOCCOCCOCCOCCOCCOc5ccc6c(c5)C(=O)N(C5CCC(=O)NC5=O)C6=O)CC4)ncc3Cl)ccc2n(C)c1=O. The number of carbonyl (C=O) groups excluding carboxylic acids is 5. The van der Waals surface area contributed by atoms with Gasteiger partial charge in [-0.15, -0.1) is 0 Å².